The zero-order valence-corrected chi connectivity index (χ0v) is 25.9. The monoisotopic (exact) mass is 630 g/mol. The molecule has 2 aromatic heterocycles. The molecule has 0 atom stereocenters. The van der Waals surface area contributed by atoms with E-state index in [1.807, 2.05) is 95.8 Å². The van der Waals surface area contributed by atoms with Crippen LogP contribution in [0, 0.1) is 31.8 Å². The number of nitrogens with zero attached hydrogens (tertiary/aromatic N) is 4. The molecule has 4 nitrogen and oxygen atoms in total. The first kappa shape index (κ1) is 29.1. The number of hydrogen-bond donors (Lipinski definition) is 0. The van der Waals surface area contributed by atoms with Gasteiger partial charge in [-0.15, -0.1) is 0 Å². The smallest absolute Gasteiger partial charge is 0.308 e. The van der Waals surface area contributed by atoms with E-state index in [0.717, 1.165) is 60.8 Å². The zero-order valence-electron chi connectivity index (χ0n) is 25.9. The van der Waals surface area contributed by atoms with Crippen LogP contribution in [0.3, 0.4) is 0 Å². The summed E-state index contributed by atoms with van der Waals surface area (Å²) in [6.45, 7) is 11.5. The lowest BCUT2D eigenvalue weighted by atomic mass is 9.93. The Morgan fingerprint density at radius 2 is 1.12 bits per heavy atom. The molecule has 0 radical (unpaired) electrons. The summed E-state index contributed by atoms with van der Waals surface area (Å²) in [6, 6.07) is 37.0. The average Bonchev–Trinajstić information content (AvgIpc) is 3.59. The molecule has 0 aliphatic carbocycles. The lowest BCUT2D eigenvalue weighted by Crippen LogP contribution is -2.11. The maximum atomic E-state index is 15.1. The van der Waals surface area contributed by atoms with Crippen molar-refractivity contribution < 1.29 is 13.2 Å². The molecular weight excluding hydrogens is 605 g/mol. The Morgan fingerprint density at radius 1 is 0.625 bits per heavy atom. The molecule has 0 spiro atoms. The molecule has 8 rings (SSSR count). The molecule has 0 aliphatic rings. The molecule has 0 saturated carbocycles. The normalized spacial score (nSPS) is 11.8. The Bertz CT molecular complexity index is 2570. The van der Waals surface area contributed by atoms with Gasteiger partial charge in [-0.3, -0.25) is 0 Å². The summed E-state index contributed by atoms with van der Waals surface area (Å²) in [5.74, 6) is 0. The Balaban J connectivity index is 1.64. The van der Waals surface area contributed by atoms with E-state index in [0.29, 0.717) is 22.5 Å². The third-order valence-corrected chi connectivity index (χ3v) is 9.07. The van der Waals surface area contributed by atoms with Crippen molar-refractivity contribution in [1.82, 2.24) is 9.13 Å². The fourth-order valence-electron chi connectivity index (χ4n) is 7.05. The number of nitriles is 1. The van der Waals surface area contributed by atoms with Crippen molar-refractivity contribution in [1.29, 1.82) is 5.26 Å². The standard InChI is InChI=1S/C41H25F3N4/c1-24-12-16-36-31(18-24)28-8-4-6-10-34(28)47(36)38-20-26(23-45)21-39(40(38)30-15-14-27(46-3)22-33(30)41(42,43)44)48-35-11-7-5-9-29(35)32-19-25(2)13-17-37(32)48/h4-22H,1-2H3. The fourth-order valence-corrected chi connectivity index (χ4v) is 7.05. The van der Waals surface area contributed by atoms with Gasteiger partial charge >= 0.3 is 6.18 Å². The van der Waals surface area contributed by atoms with E-state index in [9.17, 15) is 5.26 Å². The average molecular weight is 631 g/mol. The summed E-state index contributed by atoms with van der Waals surface area (Å²) < 4.78 is 49.2. The van der Waals surface area contributed by atoms with Crippen molar-refractivity contribution >= 4 is 49.3 Å². The number of fused-ring (bicyclic) bond motifs is 6. The number of aromatic nitrogens is 2. The van der Waals surface area contributed by atoms with Crippen LogP contribution in [-0.4, -0.2) is 9.13 Å². The van der Waals surface area contributed by atoms with Gasteiger partial charge in [0.15, 0.2) is 5.69 Å². The van der Waals surface area contributed by atoms with E-state index >= 15 is 13.2 Å². The van der Waals surface area contributed by atoms with Gasteiger partial charge in [0.2, 0.25) is 0 Å². The van der Waals surface area contributed by atoms with Crippen molar-refractivity contribution in [2.75, 3.05) is 0 Å². The van der Waals surface area contributed by atoms with E-state index in [1.165, 1.54) is 12.1 Å². The topological polar surface area (TPSA) is 38.0 Å². The first-order valence-electron chi connectivity index (χ1n) is 15.4. The van der Waals surface area contributed by atoms with Crippen LogP contribution in [-0.2, 0) is 6.18 Å². The van der Waals surface area contributed by atoms with Gasteiger partial charge < -0.3 is 9.13 Å². The highest BCUT2D eigenvalue weighted by atomic mass is 19.4. The van der Waals surface area contributed by atoms with Crippen molar-refractivity contribution in [3.05, 3.63) is 149 Å². The molecule has 0 bridgehead atoms. The molecule has 0 N–H and O–H groups in total. The Kier molecular flexibility index (Phi) is 6.44. The number of aryl methyl sites for hydroxylation is 2. The molecule has 7 heteroatoms. The van der Waals surface area contributed by atoms with E-state index in [2.05, 4.69) is 23.0 Å². The largest absolute Gasteiger partial charge is 0.415 e. The van der Waals surface area contributed by atoms with Gasteiger partial charge in [0.25, 0.3) is 0 Å². The second-order valence-corrected chi connectivity index (χ2v) is 12.1. The second kappa shape index (κ2) is 10.6. The van der Waals surface area contributed by atoms with Crippen molar-refractivity contribution in [2.24, 2.45) is 0 Å². The first-order chi connectivity index (χ1) is 23.2. The zero-order chi connectivity index (χ0) is 33.3. The molecular formula is C41H25F3N4. The van der Waals surface area contributed by atoms with Gasteiger partial charge in [-0.05, 0) is 74.0 Å². The van der Waals surface area contributed by atoms with Crippen LogP contribution in [0.2, 0.25) is 0 Å². The van der Waals surface area contributed by atoms with Crippen LogP contribution in [0.25, 0.3) is 71.0 Å². The molecule has 0 unspecified atom stereocenters. The molecule has 6 aromatic carbocycles. The summed E-state index contributed by atoms with van der Waals surface area (Å²) in [5, 5.41) is 14.2. The number of benzene rings is 6. The van der Waals surface area contributed by atoms with Gasteiger partial charge in [-0.2, -0.15) is 18.4 Å². The van der Waals surface area contributed by atoms with Gasteiger partial charge in [0.1, 0.15) is 0 Å². The van der Waals surface area contributed by atoms with Crippen molar-refractivity contribution in [3.8, 4) is 28.6 Å². The van der Waals surface area contributed by atoms with E-state index in [-0.39, 0.29) is 11.3 Å². The first-order valence-corrected chi connectivity index (χ1v) is 15.4. The number of hydrogen-bond acceptors (Lipinski definition) is 1. The van der Waals surface area contributed by atoms with Crippen LogP contribution < -0.4 is 0 Å². The molecule has 0 saturated heterocycles. The van der Waals surface area contributed by atoms with Crippen LogP contribution in [0.15, 0.2) is 115 Å². The number of alkyl halides is 3. The summed E-state index contributed by atoms with van der Waals surface area (Å²) in [4.78, 5) is 3.33. The predicted octanol–water partition coefficient (Wildman–Crippen LogP) is 11.6. The highest BCUT2D eigenvalue weighted by Crippen LogP contribution is 2.47. The minimum absolute atomic E-state index is 0.0829. The molecule has 0 aliphatic heterocycles. The highest BCUT2D eigenvalue weighted by Gasteiger charge is 2.36. The van der Waals surface area contributed by atoms with Gasteiger partial charge in [0, 0.05) is 27.1 Å². The number of para-hydroxylation sites is 2. The lowest BCUT2D eigenvalue weighted by Gasteiger charge is -2.23. The van der Waals surface area contributed by atoms with Crippen molar-refractivity contribution in [2.45, 2.75) is 20.0 Å². The molecule has 8 aromatic rings. The third kappa shape index (κ3) is 4.36. The van der Waals surface area contributed by atoms with Crippen molar-refractivity contribution in [3.63, 3.8) is 0 Å². The lowest BCUT2D eigenvalue weighted by molar-refractivity contribution is -0.137. The highest BCUT2D eigenvalue weighted by molar-refractivity contribution is 6.12. The van der Waals surface area contributed by atoms with E-state index in [1.54, 1.807) is 12.1 Å². The summed E-state index contributed by atoms with van der Waals surface area (Å²) in [5.41, 5.74) is 5.63. The predicted molar refractivity (Wildman–Crippen MR) is 186 cm³/mol. The molecule has 48 heavy (non-hydrogen) atoms. The Morgan fingerprint density at radius 3 is 1.60 bits per heavy atom. The summed E-state index contributed by atoms with van der Waals surface area (Å²) in [6.07, 6.45) is -4.77. The van der Waals surface area contributed by atoms with E-state index in [4.69, 9.17) is 6.57 Å². The van der Waals surface area contributed by atoms with Crippen LogP contribution >= 0.6 is 0 Å². The van der Waals surface area contributed by atoms with Crippen LogP contribution in [0.1, 0.15) is 22.3 Å². The number of halogens is 3. The Hall–Kier alpha value is -6.31. The minimum Gasteiger partial charge on any atom is -0.308 e. The maximum absolute atomic E-state index is 15.1. The quantitative estimate of drug-likeness (QED) is 0.179. The Labute approximate surface area is 273 Å². The van der Waals surface area contributed by atoms with Gasteiger partial charge in [-0.25, -0.2) is 4.85 Å². The fraction of sp³-hybridized carbons (Fsp3) is 0.0732. The number of rotatable bonds is 3. The third-order valence-electron chi connectivity index (χ3n) is 9.07. The molecule has 0 fully saturated rings. The minimum atomic E-state index is -4.77. The van der Waals surface area contributed by atoms with Gasteiger partial charge in [0.05, 0.1) is 57.2 Å². The second-order valence-electron chi connectivity index (χ2n) is 12.1. The maximum Gasteiger partial charge on any atom is 0.415 e. The molecule has 0 amide bonds. The summed E-state index contributed by atoms with van der Waals surface area (Å²) in [7, 11) is 0. The van der Waals surface area contributed by atoms with E-state index < -0.39 is 11.7 Å². The van der Waals surface area contributed by atoms with Gasteiger partial charge in [-0.1, -0.05) is 71.8 Å². The SMILES string of the molecule is [C-]#[N+]c1ccc(-c2c(-n3c4ccccc4c4cc(C)ccc43)cc(C#N)cc2-n2c3ccccc3c3cc(C)ccc32)c(C(F)(F)F)c1. The molecule has 230 valence electrons. The van der Waals surface area contributed by atoms with Crippen LogP contribution in [0.4, 0.5) is 18.9 Å². The molecule has 2 heterocycles. The van der Waals surface area contributed by atoms with Crippen LogP contribution in [0.5, 0.6) is 0 Å². The summed E-state index contributed by atoms with van der Waals surface area (Å²) >= 11 is 0.